The number of hydrogen-bond acceptors (Lipinski definition) is 4. The van der Waals surface area contributed by atoms with Gasteiger partial charge in [-0.05, 0) is 18.8 Å². The molecule has 4 nitrogen and oxygen atoms in total. The van der Waals surface area contributed by atoms with E-state index in [9.17, 15) is 0 Å². The van der Waals surface area contributed by atoms with E-state index in [4.69, 9.17) is 10.2 Å². The Kier molecular flexibility index (Phi) is 3.04. The molecular weight excluding hydrogens is 166 g/mol. The van der Waals surface area contributed by atoms with Crippen LogP contribution in [0.5, 0.6) is 0 Å². The number of nitrogens with zero attached hydrogens (tertiary/aromatic N) is 2. The predicted molar refractivity (Wildman–Crippen MR) is 48.6 cm³/mol. The highest BCUT2D eigenvalue weighted by Gasteiger charge is 2.16. The number of nitrogens with two attached hydrogens (primary N) is 1. The monoisotopic (exact) mass is 179 g/mol. The highest BCUT2D eigenvalue weighted by atomic mass is 16.4. The maximum Gasteiger partial charge on any atom is 0.293 e. The van der Waals surface area contributed by atoms with Crippen LogP contribution in [0.1, 0.15) is 38.6 Å². The summed E-state index contributed by atoms with van der Waals surface area (Å²) in [7, 11) is 0. The Morgan fingerprint density at radius 3 is 2.62 bits per heavy atom. The molecule has 2 N–H and O–H groups in total. The van der Waals surface area contributed by atoms with Gasteiger partial charge in [-0.25, -0.2) is 0 Å². The highest BCUT2D eigenvalue weighted by Crippen LogP contribution is 2.16. The first-order valence-electron chi connectivity index (χ1n) is 4.17. The lowest BCUT2D eigenvalue weighted by atomic mass is 10.1. The second-order valence-electron chi connectivity index (χ2n) is 3.09. The van der Waals surface area contributed by atoms with Crippen LogP contribution in [0.3, 0.4) is 0 Å². The Balaban J connectivity index is 2.83. The van der Waals surface area contributed by atoms with Gasteiger partial charge in [-0.15, -0.1) is 5.10 Å². The van der Waals surface area contributed by atoms with Crippen molar-refractivity contribution in [3.05, 3.63) is 11.8 Å². The standard InChI is InChI=1S/C9H13N3O/c1-4-5-7-11-12-9(13-7)8(10)6(2)3/h6,8H,10H2,1-3H3. The van der Waals surface area contributed by atoms with Gasteiger partial charge in [0.05, 0.1) is 6.04 Å². The van der Waals surface area contributed by atoms with Crippen LogP contribution in [0.15, 0.2) is 4.42 Å². The van der Waals surface area contributed by atoms with Crippen LogP contribution < -0.4 is 5.73 Å². The fraction of sp³-hybridized carbons (Fsp3) is 0.556. The molecule has 0 aliphatic rings. The van der Waals surface area contributed by atoms with Crippen molar-refractivity contribution >= 4 is 0 Å². The van der Waals surface area contributed by atoms with Gasteiger partial charge in [0.25, 0.3) is 5.89 Å². The lowest BCUT2D eigenvalue weighted by Crippen LogP contribution is -2.16. The molecule has 0 saturated heterocycles. The summed E-state index contributed by atoms with van der Waals surface area (Å²) in [6.07, 6.45) is 0. The molecule has 1 atom stereocenters. The molecular formula is C9H13N3O. The fourth-order valence-corrected chi connectivity index (χ4v) is 0.812. The van der Waals surface area contributed by atoms with Gasteiger partial charge >= 0.3 is 0 Å². The molecule has 0 aliphatic heterocycles. The first kappa shape index (κ1) is 9.75. The van der Waals surface area contributed by atoms with Crippen molar-refractivity contribution < 1.29 is 4.42 Å². The molecule has 70 valence electrons. The zero-order valence-electron chi connectivity index (χ0n) is 8.03. The molecule has 1 aromatic heterocycles. The Morgan fingerprint density at radius 1 is 1.38 bits per heavy atom. The van der Waals surface area contributed by atoms with E-state index in [1.165, 1.54) is 0 Å². The van der Waals surface area contributed by atoms with Crippen LogP contribution in [0, 0.1) is 17.8 Å². The van der Waals surface area contributed by atoms with Gasteiger partial charge in [0.2, 0.25) is 5.89 Å². The lowest BCUT2D eigenvalue weighted by Gasteiger charge is -2.09. The molecule has 1 unspecified atom stereocenters. The molecule has 1 aromatic rings. The summed E-state index contributed by atoms with van der Waals surface area (Å²) >= 11 is 0. The van der Waals surface area contributed by atoms with Crippen LogP contribution in [0.4, 0.5) is 0 Å². The molecule has 0 amide bonds. The SMILES string of the molecule is CC#Cc1nnc(C(N)C(C)C)o1. The van der Waals surface area contributed by atoms with E-state index in [1.807, 2.05) is 13.8 Å². The van der Waals surface area contributed by atoms with E-state index in [1.54, 1.807) is 6.92 Å². The Hall–Kier alpha value is -1.34. The zero-order chi connectivity index (χ0) is 9.84. The summed E-state index contributed by atoms with van der Waals surface area (Å²) < 4.78 is 5.23. The Labute approximate surface area is 77.5 Å². The van der Waals surface area contributed by atoms with E-state index in [0.717, 1.165) is 0 Å². The van der Waals surface area contributed by atoms with Crippen molar-refractivity contribution in [2.24, 2.45) is 11.7 Å². The molecule has 0 aliphatic carbocycles. The van der Waals surface area contributed by atoms with Crippen molar-refractivity contribution in [3.8, 4) is 11.8 Å². The van der Waals surface area contributed by atoms with Gasteiger partial charge in [-0.1, -0.05) is 24.9 Å². The normalized spacial score (nSPS) is 12.4. The molecule has 0 spiro atoms. The third-order valence-corrected chi connectivity index (χ3v) is 1.68. The second kappa shape index (κ2) is 4.06. The van der Waals surface area contributed by atoms with Crippen LogP contribution in [-0.4, -0.2) is 10.2 Å². The maximum atomic E-state index is 5.80. The van der Waals surface area contributed by atoms with E-state index < -0.39 is 0 Å². The van der Waals surface area contributed by atoms with Crippen molar-refractivity contribution in [2.45, 2.75) is 26.8 Å². The number of rotatable bonds is 2. The van der Waals surface area contributed by atoms with Gasteiger partial charge in [0.1, 0.15) is 0 Å². The Morgan fingerprint density at radius 2 is 2.08 bits per heavy atom. The van der Waals surface area contributed by atoms with Crippen molar-refractivity contribution in [1.29, 1.82) is 0 Å². The van der Waals surface area contributed by atoms with E-state index in [0.29, 0.717) is 11.8 Å². The minimum Gasteiger partial charge on any atom is -0.413 e. The van der Waals surface area contributed by atoms with Gasteiger partial charge < -0.3 is 10.2 Å². The van der Waals surface area contributed by atoms with E-state index in [2.05, 4.69) is 22.0 Å². The largest absolute Gasteiger partial charge is 0.413 e. The van der Waals surface area contributed by atoms with Crippen LogP contribution in [-0.2, 0) is 0 Å². The molecule has 0 radical (unpaired) electrons. The van der Waals surface area contributed by atoms with Gasteiger partial charge in [-0.2, -0.15) is 0 Å². The second-order valence-corrected chi connectivity index (χ2v) is 3.09. The van der Waals surface area contributed by atoms with Gasteiger partial charge in [-0.3, -0.25) is 0 Å². The first-order chi connectivity index (χ1) is 6.15. The summed E-state index contributed by atoms with van der Waals surface area (Å²) in [4.78, 5) is 0. The molecule has 0 bridgehead atoms. The van der Waals surface area contributed by atoms with Crippen LogP contribution >= 0.6 is 0 Å². The highest BCUT2D eigenvalue weighted by molar-refractivity contribution is 5.15. The molecule has 13 heavy (non-hydrogen) atoms. The van der Waals surface area contributed by atoms with Gasteiger partial charge in [0, 0.05) is 0 Å². The molecule has 0 fully saturated rings. The summed E-state index contributed by atoms with van der Waals surface area (Å²) in [6.45, 7) is 5.71. The molecule has 1 heterocycles. The number of hydrogen-bond donors (Lipinski definition) is 1. The third kappa shape index (κ3) is 2.30. The van der Waals surface area contributed by atoms with Crippen LogP contribution in [0.2, 0.25) is 0 Å². The summed E-state index contributed by atoms with van der Waals surface area (Å²) in [6, 6.07) is -0.208. The number of aromatic nitrogens is 2. The minimum atomic E-state index is -0.208. The first-order valence-corrected chi connectivity index (χ1v) is 4.17. The smallest absolute Gasteiger partial charge is 0.293 e. The molecule has 0 saturated carbocycles. The molecule has 4 heteroatoms. The predicted octanol–water partition coefficient (Wildman–Crippen LogP) is 1.10. The lowest BCUT2D eigenvalue weighted by molar-refractivity contribution is 0.384. The zero-order valence-corrected chi connectivity index (χ0v) is 8.03. The minimum absolute atomic E-state index is 0.208. The van der Waals surface area contributed by atoms with Crippen molar-refractivity contribution in [3.63, 3.8) is 0 Å². The maximum absolute atomic E-state index is 5.80. The van der Waals surface area contributed by atoms with Gasteiger partial charge in [0.15, 0.2) is 0 Å². The summed E-state index contributed by atoms with van der Waals surface area (Å²) in [5.74, 6) is 6.41. The molecule has 1 rings (SSSR count). The van der Waals surface area contributed by atoms with E-state index in [-0.39, 0.29) is 12.0 Å². The third-order valence-electron chi connectivity index (χ3n) is 1.68. The van der Waals surface area contributed by atoms with E-state index >= 15 is 0 Å². The quantitative estimate of drug-likeness (QED) is 0.690. The van der Waals surface area contributed by atoms with Crippen LogP contribution in [0.25, 0.3) is 0 Å². The average Bonchev–Trinajstić information content (AvgIpc) is 2.52. The average molecular weight is 179 g/mol. The van der Waals surface area contributed by atoms with Crippen molar-refractivity contribution in [2.75, 3.05) is 0 Å². The Bertz CT molecular complexity index is 332. The van der Waals surface area contributed by atoms with Crippen molar-refractivity contribution in [1.82, 2.24) is 10.2 Å². The summed E-state index contributed by atoms with van der Waals surface area (Å²) in [5.41, 5.74) is 5.80. The molecule has 0 aromatic carbocycles. The fourth-order valence-electron chi connectivity index (χ4n) is 0.812. The summed E-state index contributed by atoms with van der Waals surface area (Å²) in [5, 5.41) is 7.55. The topological polar surface area (TPSA) is 64.9 Å².